The van der Waals surface area contributed by atoms with Crippen molar-refractivity contribution in [2.45, 2.75) is 12.8 Å². The fourth-order valence-corrected chi connectivity index (χ4v) is 4.71. The molecule has 0 aliphatic carbocycles. The highest BCUT2D eigenvalue weighted by molar-refractivity contribution is 5.98. The molecule has 0 unspecified atom stereocenters. The average molecular weight is 484 g/mol. The number of carbonyl (C=O) groups excluding carboxylic acids is 2. The summed E-state index contributed by atoms with van der Waals surface area (Å²) in [5, 5.41) is 7.51. The summed E-state index contributed by atoms with van der Waals surface area (Å²) in [6.07, 6.45) is 6.62. The summed E-state index contributed by atoms with van der Waals surface area (Å²) in [7, 11) is 0. The first-order chi connectivity index (χ1) is 17.7. The van der Waals surface area contributed by atoms with Crippen molar-refractivity contribution in [2.75, 3.05) is 25.2 Å². The number of benzene rings is 2. The molecule has 0 bridgehead atoms. The molecule has 0 spiro atoms. The monoisotopic (exact) mass is 483 g/mol. The van der Waals surface area contributed by atoms with Gasteiger partial charge in [-0.1, -0.05) is 18.2 Å². The Kier molecular flexibility index (Phi) is 5.65. The molecule has 2 amide bonds. The van der Waals surface area contributed by atoms with Crippen LogP contribution in [0.15, 0.2) is 79.3 Å². The zero-order chi connectivity index (χ0) is 24.5. The van der Waals surface area contributed by atoms with Crippen LogP contribution in [0.1, 0.15) is 23.2 Å². The zero-order valence-corrected chi connectivity index (χ0v) is 19.5. The van der Waals surface area contributed by atoms with E-state index in [0.29, 0.717) is 54.5 Å². The second-order valence-corrected chi connectivity index (χ2v) is 8.84. The van der Waals surface area contributed by atoms with Gasteiger partial charge in [-0.3, -0.25) is 9.59 Å². The van der Waals surface area contributed by atoms with E-state index in [4.69, 9.17) is 9.47 Å². The molecule has 4 aromatic rings. The molecule has 0 radical (unpaired) electrons. The molecular formula is C27H25N5O4. The number of likely N-dealkylation sites (tertiary alicyclic amines) is 1. The third kappa shape index (κ3) is 4.08. The average Bonchev–Trinajstić information content (AvgIpc) is 3.69. The molecule has 182 valence electrons. The summed E-state index contributed by atoms with van der Waals surface area (Å²) in [5.74, 6) is 1.69. The van der Waals surface area contributed by atoms with Gasteiger partial charge in [-0.05, 0) is 49.2 Å². The van der Waals surface area contributed by atoms with E-state index in [-0.39, 0.29) is 24.5 Å². The van der Waals surface area contributed by atoms with Gasteiger partial charge in [-0.25, -0.2) is 4.68 Å². The predicted octanol–water partition coefficient (Wildman–Crippen LogP) is 3.88. The standard InChI is InChI=1S/C27H25N5O4/c33-25(29-20-8-9-23-24(16-20)36-18-35-23)19-10-14-31(15-11-19)27(34)22-17-28-32(21-6-2-1-3-7-21)26(22)30-12-4-5-13-30/h1-9,12-13,16-17,19H,10-11,14-15,18H2,(H,29,33). The van der Waals surface area contributed by atoms with Crippen LogP contribution in [0.5, 0.6) is 11.5 Å². The second kappa shape index (κ2) is 9.26. The van der Waals surface area contributed by atoms with Crippen LogP contribution in [0.3, 0.4) is 0 Å². The summed E-state index contributed by atoms with van der Waals surface area (Å²) >= 11 is 0. The number of hydrogen-bond donors (Lipinski definition) is 1. The van der Waals surface area contributed by atoms with Gasteiger partial charge in [0.25, 0.3) is 5.91 Å². The highest BCUT2D eigenvalue weighted by atomic mass is 16.7. The summed E-state index contributed by atoms with van der Waals surface area (Å²) in [6, 6.07) is 18.9. The Morgan fingerprint density at radius 3 is 2.44 bits per heavy atom. The number of piperidine rings is 1. The molecule has 1 N–H and O–H groups in total. The number of ether oxygens (including phenoxy) is 2. The number of amides is 2. The third-order valence-corrected chi connectivity index (χ3v) is 6.62. The Bertz CT molecular complexity index is 1390. The minimum atomic E-state index is -0.171. The van der Waals surface area contributed by atoms with Gasteiger partial charge in [-0.15, -0.1) is 0 Å². The van der Waals surface area contributed by atoms with Crippen molar-refractivity contribution in [3.05, 3.63) is 84.8 Å². The van der Waals surface area contributed by atoms with E-state index in [0.717, 1.165) is 5.69 Å². The van der Waals surface area contributed by atoms with Gasteiger partial charge in [0.2, 0.25) is 12.7 Å². The van der Waals surface area contributed by atoms with Gasteiger partial charge >= 0.3 is 0 Å². The molecule has 2 aliphatic rings. The highest BCUT2D eigenvalue weighted by Crippen LogP contribution is 2.34. The van der Waals surface area contributed by atoms with E-state index in [9.17, 15) is 9.59 Å². The van der Waals surface area contributed by atoms with Gasteiger partial charge in [0.15, 0.2) is 17.3 Å². The van der Waals surface area contributed by atoms with E-state index in [1.165, 1.54) is 0 Å². The first-order valence-electron chi connectivity index (χ1n) is 11.9. The summed E-state index contributed by atoms with van der Waals surface area (Å²) in [4.78, 5) is 28.3. The molecule has 36 heavy (non-hydrogen) atoms. The lowest BCUT2D eigenvalue weighted by molar-refractivity contribution is -0.121. The van der Waals surface area contributed by atoms with Crippen molar-refractivity contribution in [3.63, 3.8) is 0 Å². The van der Waals surface area contributed by atoms with Crippen molar-refractivity contribution >= 4 is 17.5 Å². The smallest absolute Gasteiger partial charge is 0.259 e. The molecule has 2 aliphatic heterocycles. The van der Waals surface area contributed by atoms with E-state index < -0.39 is 0 Å². The lowest BCUT2D eigenvalue weighted by atomic mass is 9.95. The van der Waals surface area contributed by atoms with Crippen LogP contribution >= 0.6 is 0 Å². The van der Waals surface area contributed by atoms with Gasteiger partial charge in [0, 0.05) is 43.2 Å². The molecule has 1 saturated heterocycles. The number of rotatable bonds is 5. The summed E-state index contributed by atoms with van der Waals surface area (Å²) in [6.45, 7) is 1.19. The number of hydrogen-bond acceptors (Lipinski definition) is 5. The first kappa shape index (κ1) is 22.0. The Morgan fingerprint density at radius 1 is 0.917 bits per heavy atom. The number of fused-ring (bicyclic) bond motifs is 1. The number of para-hydroxylation sites is 1. The molecule has 6 rings (SSSR count). The van der Waals surface area contributed by atoms with Crippen LogP contribution < -0.4 is 14.8 Å². The van der Waals surface area contributed by atoms with Crippen LogP contribution in [0, 0.1) is 5.92 Å². The number of carbonyl (C=O) groups is 2. The van der Waals surface area contributed by atoms with E-state index >= 15 is 0 Å². The van der Waals surface area contributed by atoms with Crippen molar-refractivity contribution in [1.29, 1.82) is 0 Å². The van der Waals surface area contributed by atoms with Crippen LogP contribution in [0.25, 0.3) is 11.5 Å². The lowest BCUT2D eigenvalue weighted by Crippen LogP contribution is -2.41. The maximum atomic E-state index is 13.6. The number of anilines is 1. The predicted molar refractivity (Wildman–Crippen MR) is 133 cm³/mol. The van der Waals surface area contributed by atoms with Crippen molar-refractivity contribution < 1.29 is 19.1 Å². The molecule has 2 aromatic carbocycles. The van der Waals surface area contributed by atoms with Crippen LogP contribution in [-0.2, 0) is 4.79 Å². The first-order valence-corrected chi connectivity index (χ1v) is 11.9. The van der Waals surface area contributed by atoms with E-state index in [1.54, 1.807) is 29.1 Å². The third-order valence-electron chi connectivity index (χ3n) is 6.62. The fourth-order valence-electron chi connectivity index (χ4n) is 4.71. The molecule has 2 aromatic heterocycles. The Morgan fingerprint density at radius 2 is 1.67 bits per heavy atom. The van der Waals surface area contributed by atoms with Gasteiger partial charge in [-0.2, -0.15) is 5.10 Å². The van der Waals surface area contributed by atoms with Gasteiger partial charge < -0.3 is 24.3 Å². The van der Waals surface area contributed by atoms with Crippen molar-refractivity contribution in [2.24, 2.45) is 5.92 Å². The van der Waals surface area contributed by atoms with Crippen LogP contribution in [0.2, 0.25) is 0 Å². The van der Waals surface area contributed by atoms with E-state index in [2.05, 4.69) is 10.4 Å². The van der Waals surface area contributed by atoms with Crippen LogP contribution in [-0.4, -0.2) is 50.9 Å². The fraction of sp³-hybridized carbons (Fsp3) is 0.222. The molecule has 4 heterocycles. The van der Waals surface area contributed by atoms with Gasteiger partial charge in [0.05, 0.1) is 11.9 Å². The van der Waals surface area contributed by atoms with E-state index in [1.807, 2.05) is 64.3 Å². The molecule has 0 saturated carbocycles. The topological polar surface area (TPSA) is 90.6 Å². The molecule has 1 fully saturated rings. The summed E-state index contributed by atoms with van der Waals surface area (Å²) in [5.41, 5.74) is 2.07. The molecule has 9 nitrogen and oxygen atoms in total. The maximum Gasteiger partial charge on any atom is 0.259 e. The van der Waals surface area contributed by atoms with Gasteiger partial charge in [0.1, 0.15) is 5.56 Å². The summed E-state index contributed by atoms with van der Waals surface area (Å²) < 4.78 is 14.4. The maximum absolute atomic E-state index is 13.6. The Balaban J connectivity index is 1.15. The quantitative estimate of drug-likeness (QED) is 0.465. The number of aromatic nitrogens is 3. The molecule has 0 atom stereocenters. The van der Waals surface area contributed by atoms with Crippen molar-refractivity contribution in [1.82, 2.24) is 19.2 Å². The van der Waals surface area contributed by atoms with Crippen molar-refractivity contribution in [3.8, 4) is 23.0 Å². The Labute approximate surface area is 207 Å². The minimum Gasteiger partial charge on any atom is -0.454 e. The SMILES string of the molecule is O=C(Nc1ccc2c(c1)OCO2)C1CCN(C(=O)c2cnn(-c3ccccc3)c2-n2cccc2)CC1. The normalized spacial score (nSPS) is 15.2. The zero-order valence-electron chi connectivity index (χ0n) is 19.5. The second-order valence-electron chi connectivity index (χ2n) is 8.84. The minimum absolute atomic E-state index is 0.0501. The highest BCUT2D eigenvalue weighted by Gasteiger charge is 2.31. The lowest BCUT2D eigenvalue weighted by Gasteiger charge is -2.31. The Hall–Kier alpha value is -4.53. The largest absolute Gasteiger partial charge is 0.454 e. The van der Waals surface area contributed by atoms with Crippen LogP contribution in [0.4, 0.5) is 5.69 Å². The number of nitrogens with zero attached hydrogens (tertiary/aromatic N) is 4. The number of nitrogens with one attached hydrogen (secondary N) is 1. The molecule has 9 heteroatoms. The molecular weight excluding hydrogens is 458 g/mol.